The van der Waals surface area contributed by atoms with Gasteiger partial charge in [0.15, 0.2) is 16.6 Å². The first-order valence-corrected chi connectivity index (χ1v) is 8.31. The Morgan fingerprint density at radius 1 is 1.19 bits per heavy atom. The van der Waals surface area contributed by atoms with Crippen LogP contribution < -0.4 is 10.1 Å². The van der Waals surface area contributed by atoms with Gasteiger partial charge in [0.1, 0.15) is 10.6 Å². The third-order valence-corrected chi connectivity index (χ3v) is 4.56. The molecule has 2 aromatic heterocycles. The van der Waals surface area contributed by atoms with E-state index in [0.717, 1.165) is 16.9 Å². The summed E-state index contributed by atoms with van der Waals surface area (Å²) in [7, 11) is 2.87. The van der Waals surface area contributed by atoms with Gasteiger partial charge in [0.25, 0.3) is 5.91 Å². The Balaban J connectivity index is 1.75. The van der Waals surface area contributed by atoms with Crippen LogP contribution in [0.25, 0.3) is 11.3 Å². The minimum absolute atomic E-state index is 0.100. The molecular weight excluding hydrogens is 358 g/mol. The van der Waals surface area contributed by atoms with Crippen molar-refractivity contribution in [2.75, 3.05) is 19.5 Å². The Kier molecular flexibility index (Phi) is 4.99. The molecule has 0 bridgehead atoms. The van der Waals surface area contributed by atoms with Gasteiger partial charge >= 0.3 is 5.97 Å². The largest absolute Gasteiger partial charge is 0.497 e. The molecule has 9 heteroatoms. The number of benzene rings is 1. The fraction of sp³-hybridized carbons (Fsp3) is 0.176. The van der Waals surface area contributed by atoms with Gasteiger partial charge in [-0.3, -0.25) is 10.1 Å². The van der Waals surface area contributed by atoms with Crippen LogP contribution in [-0.4, -0.2) is 36.2 Å². The van der Waals surface area contributed by atoms with Crippen molar-refractivity contribution in [1.29, 1.82) is 0 Å². The Morgan fingerprint density at radius 3 is 2.58 bits per heavy atom. The van der Waals surface area contributed by atoms with Gasteiger partial charge in [-0.1, -0.05) is 16.5 Å². The topological polar surface area (TPSA) is 104 Å². The van der Waals surface area contributed by atoms with Gasteiger partial charge in [-0.05, 0) is 31.2 Å². The predicted octanol–water partition coefficient (Wildman–Crippen LogP) is 3.15. The van der Waals surface area contributed by atoms with Crippen molar-refractivity contribution in [3.05, 3.63) is 46.6 Å². The number of carbonyl (C=O) groups is 2. The fourth-order valence-corrected chi connectivity index (χ4v) is 3.05. The number of hydrogen-bond donors (Lipinski definition) is 1. The van der Waals surface area contributed by atoms with Crippen LogP contribution in [0, 0.1) is 6.92 Å². The minimum atomic E-state index is -0.497. The van der Waals surface area contributed by atoms with E-state index >= 15 is 0 Å². The lowest BCUT2D eigenvalue weighted by Crippen LogP contribution is -2.11. The summed E-state index contributed by atoms with van der Waals surface area (Å²) < 4.78 is 15.0. The zero-order chi connectivity index (χ0) is 18.7. The lowest BCUT2D eigenvalue weighted by molar-refractivity contribution is 0.0605. The van der Waals surface area contributed by atoms with Crippen LogP contribution in [0.1, 0.15) is 25.9 Å². The molecule has 0 spiro atoms. The summed E-state index contributed by atoms with van der Waals surface area (Å²) in [5.41, 5.74) is 1.34. The van der Waals surface area contributed by atoms with Crippen molar-refractivity contribution in [2.24, 2.45) is 0 Å². The SMILES string of the molecule is COC(=O)c1sc(NC(=O)c2cc(-c3ccc(OC)cc3)on2)nc1C. The van der Waals surface area contributed by atoms with Crippen LogP contribution in [-0.2, 0) is 4.74 Å². The number of thiazole rings is 1. The molecule has 0 aliphatic heterocycles. The van der Waals surface area contributed by atoms with Crippen molar-refractivity contribution >= 4 is 28.3 Å². The molecule has 0 fully saturated rings. The second-order valence-electron chi connectivity index (χ2n) is 5.18. The summed E-state index contributed by atoms with van der Waals surface area (Å²) in [5, 5.41) is 6.66. The van der Waals surface area contributed by atoms with E-state index in [4.69, 9.17) is 9.26 Å². The highest BCUT2D eigenvalue weighted by atomic mass is 32.1. The monoisotopic (exact) mass is 373 g/mol. The van der Waals surface area contributed by atoms with Gasteiger partial charge in [0.05, 0.1) is 19.9 Å². The Labute approximate surface area is 152 Å². The summed E-state index contributed by atoms with van der Waals surface area (Å²) in [4.78, 5) is 28.4. The van der Waals surface area contributed by atoms with E-state index in [1.165, 1.54) is 13.2 Å². The van der Waals surface area contributed by atoms with Crippen LogP contribution in [0.5, 0.6) is 5.75 Å². The van der Waals surface area contributed by atoms with Crippen LogP contribution in [0.2, 0.25) is 0 Å². The number of ether oxygens (including phenoxy) is 2. The van der Waals surface area contributed by atoms with Crippen molar-refractivity contribution in [1.82, 2.24) is 10.1 Å². The van der Waals surface area contributed by atoms with Gasteiger partial charge in [0, 0.05) is 11.6 Å². The molecule has 2 heterocycles. The van der Waals surface area contributed by atoms with Crippen LogP contribution >= 0.6 is 11.3 Å². The molecule has 0 unspecified atom stereocenters. The normalized spacial score (nSPS) is 10.4. The van der Waals surface area contributed by atoms with E-state index < -0.39 is 11.9 Å². The quantitative estimate of drug-likeness (QED) is 0.685. The van der Waals surface area contributed by atoms with Gasteiger partial charge in [-0.25, -0.2) is 9.78 Å². The van der Waals surface area contributed by atoms with E-state index in [2.05, 4.69) is 20.2 Å². The van der Waals surface area contributed by atoms with E-state index in [0.29, 0.717) is 22.1 Å². The van der Waals surface area contributed by atoms with Gasteiger partial charge in [-0.2, -0.15) is 0 Å². The number of nitrogens with zero attached hydrogens (tertiary/aromatic N) is 2. The number of esters is 1. The van der Waals surface area contributed by atoms with Crippen molar-refractivity contribution in [2.45, 2.75) is 6.92 Å². The number of methoxy groups -OCH3 is 2. The van der Waals surface area contributed by atoms with Crippen LogP contribution in [0.4, 0.5) is 5.13 Å². The Hall–Kier alpha value is -3.20. The van der Waals surface area contributed by atoms with Gasteiger partial charge < -0.3 is 14.0 Å². The number of aromatic nitrogens is 2. The zero-order valence-corrected chi connectivity index (χ0v) is 15.0. The standard InChI is InChI=1S/C17H15N3O5S/c1-9-14(16(22)24-3)26-17(18-9)19-15(21)12-8-13(25-20-12)10-4-6-11(23-2)7-5-10/h4-8H,1-3H3,(H,18,19,21). The van der Waals surface area contributed by atoms with E-state index in [1.54, 1.807) is 38.3 Å². The molecule has 134 valence electrons. The van der Waals surface area contributed by atoms with Crippen molar-refractivity contribution in [3.8, 4) is 17.1 Å². The Morgan fingerprint density at radius 2 is 1.92 bits per heavy atom. The molecule has 0 aliphatic rings. The number of nitrogens with one attached hydrogen (secondary N) is 1. The summed E-state index contributed by atoms with van der Waals surface area (Å²) >= 11 is 1.03. The first-order chi connectivity index (χ1) is 12.5. The molecule has 1 amide bonds. The number of hydrogen-bond acceptors (Lipinski definition) is 8. The lowest BCUT2D eigenvalue weighted by atomic mass is 10.1. The summed E-state index contributed by atoms with van der Waals surface area (Å²) in [5.74, 6) is 0.178. The first-order valence-electron chi connectivity index (χ1n) is 7.50. The molecule has 0 aliphatic carbocycles. The predicted molar refractivity (Wildman–Crippen MR) is 94.6 cm³/mol. The Bertz CT molecular complexity index is 946. The maximum atomic E-state index is 12.3. The van der Waals surface area contributed by atoms with E-state index in [-0.39, 0.29) is 10.8 Å². The molecule has 1 aromatic carbocycles. The third-order valence-electron chi connectivity index (χ3n) is 3.51. The molecular formula is C17H15N3O5S. The highest BCUT2D eigenvalue weighted by Crippen LogP contribution is 2.25. The maximum Gasteiger partial charge on any atom is 0.350 e. The summed E-state index contributed by atoms with van der Waals surface area (Å²) in [6, 6.07) is 8.69. The maximum absolute atomic E-state index is 12.3. The average Bonchev–Trinajstić information content (AvgIpc) is 3.28. The summed E-state index contributed by atoms with van der Waals surface area (Å²) in [6.45, 7) is 1.66. The van der Waals surface area contributed by atoms with E-state index in [9.17, 15) is 9.59 Å². The van der Waals surface area contributed by atoms with E-state index in [1.807, 2.05) is 0 Å². The molecule has 0 radical (unpaired) electrons. The fourth-order valence-electron chi connectivity index (χ4n) is 2.17. The molecule has 0 atom stereocenters. The zero-order valence-electron chi connectivity index (χ0n) is 14.2. The highest BCUT2D eigenvalue weighted by Gasteiger charge is 2.19. The number of rotatable bonds is 5. The van der Waals surface area contributed by atoms with Crippen LogP contribution in [0.15, 0.2) is 34.9 Å². The van der Waals surface area contributed by atoms with Crippen molar-refractivity contribution in [3.63, 3.8) is 0 Å². The smallest absolute Gasteiger partial charge is 0.350 e. The number of anilines is 1. The number of carbonyl (C=O) groups excluding carboxylic acids is 2. The molecule has 3 aromatic rings. The van der Waals surface area contributed by atoms with Crippen molar-refractivity contribution < 1.29 is 23.6 Å². The molecule has 1 N–H and O–H groups in total. The van der Waals surface area contributed by atoms with Crippen LogP contribution in [0.3, 0.4) is 0 Å². The number of aryl methyl sites for hydroxylation is 1. The van der Waals surface area contributed by atoms with Gasteiger partial charge in [0.2, 0.25) is 0 Å². The molecule has 0 saturated carbocycles. The molecule has 0 saturated heterocycles. The first kappa shape index (κ1) is 17.6. The second kappa shape index (κ2) is 7.36. The molecule has 3 rings (SSSR count). The lowest BCUT2D eigenvalue weighted by Gasteiger charge is -1.99. The third kappa shape index (κ3) is 3.57. The molecule has 8 nitrogen and oxygen atoms in total. The second-order valence-corrected chi connectivity index (χ2v) is 6.18. The van der Waals surface area contributed by atoms with Gasteiger partial charge in [-0.15, -0.1) is 0 Å². The minimum Gasteiger partial charge on any atom is -0.497 e. The number of amides is 1. The molecule has 26 heavy (non-hydrogen) atoms. The summed E-state index contributed by atoms with van der Waals surface area (Å²) in [6.07, 6.45) is 0. The highest BCUT2D eigenvalue weighted by molar-refractivity contribution is 7.17. The average molecular weight is 373 g/mol.